The van der Waals surface area contributed by atoms with E-state index in [1.165, 1.54) is 37.0 Å². The van der Waals surface area contributed by atoms with Crippen molar-refractivity contribution >= 4 is 41.8 Å². The third-order valence-electron chi connectivity index (χ3n) is 6.22. The summed E-state index contributed by atoms with van der Waals surface area (Å²) < 4.78 is 0. The van der Waals surface area contributed by atoms with Gasteiger partial charge in [-0.2, -0.15) is 0 Å². The Hall–Kier alpha value is -1.12. The largest absolute Gasteiger partial charge is 0.370 e. The van der Waals surface area contributed by atoms with E-state index in [0.29, 0.717) is 25.5 Å². The highest BCUT2D eigenvalue weighted by Gasteiger charge is 2.58. The molecule has 7 heteroatoms. The Morgan fingerprint density at radius 2 is 1.68 bits per heavy atom. The van der Waals surface area contributed by atoms with Gasteiger partial charge in [-0.25, -0.2) is 0 Å². The van der Waals surface area contributed by atoms with Gasteiger partial charge in [0.05, 0.1) is 11.8 Å². The van der Waals surface area contributed by atoms with Crippen molar-refractivity contribution in [2.24, 2.45) is 34.4 Å². The maximum Gasteiger partial charge on any atom is 0.233 e. The smallest absolute Gasteiger partial charge is 0.233 e. The molecule has 2 fully saturated rings. The van der Waals surface area contributed by atoms with Crippen LogP contribution in [-0.2, 0) is 9.59 Å². The van der Waals surface area contributed by atoms with Crippen LogP contribution in [0.3, 0.4) is 0 Å². The summed E-state index contributed by atoms with van der Waals surface area (Å²) in [4.78, 5) is 31.0. The number of aliphatic imine (C=N–C) groups is 1. The zero-order chi connectivity index (χ0) is 19.2. The van der Waals surface area contributed by atoms with E-state index < -0.39 is 0 Å². The maximum atomic E-state index is 12.6. The number of amides is 2. The second-order valence-corrected chi connectivity index (χ2v) is 8.14. The van der Waals surface area contributed by atoms with Gasteiger partial charge in [-0.1, -0.05) is 51.2 Å². The van der Waals surface area contributed by atoms with E-state index in [9.17, 15) is 9.59 Å². The summed E-state index contributed by atoms with van der Waals surface area (Å²) in [6.07, 6.45) is 13.4. The minimum absolute atomic E-state index is 0. The maximum absolute atomic E-state index is 12.6. The molecule has 1 aliphatic heterocycles. The van der Waals surface area contributed by atoms with Crippen molar-refractivity contribution in [1.29, 1.82) is 0 Å². The highest BCUT2D eigenvalue weighted by molar-refractivity contribution is 14.0. The van der Waals surface area contributed by atoms with Crippen LogP contribution in [0.25, 0.3) is 0 Å². The topological polar surface area (TPSA) is 87.8 Å². The summed E-state index contributed by atoms with van der Waals surface area (Å²) >= 11 is 0. The molecule has 3 rings (SSSR count). The fourth-order valence-electron chi connectivity index (χ4n) is 4.79. The minimum Gasteiger partial charge on any atom is -0.370 e. The first-order chi connectivity index (χ1) is 13.1. The molecule has 3 N–H and O–H groups in total. The average Bonchev–Trinajstić information content (AvgIpc) is 3.33. The quantitative estimate of drug-likeness (QED) is 0.114. The molecule has 2 amide bonds. The molecule has 158 valence electrons. The minimum atomic E-state index is -0.0972. The van der Waals surface area contributed by atoms with E-state index in [0.717, 1.165) is 19.4 Å². The molecule has 1 heterocycles. The van der Waals surface area contributed by atoms with Crippen molar-refractivity contribution < 1.29 is 9.59 Å². The summed E-state index contributed by atoms with van der Waals surface area (Å²) in [5, 5.41) is 3.14. The molecule has 3 aliphatic rings. The molecular formula is C21H35IN4O2. The summed E-state index contributed by atoms with van der Waals surface area (Å²) in [5.41, 5.74) is 5.89. The number of carbonyl (C=O) groups excluding carboxylic acids is 2. The molecule has 1 saturated carbocycles. The molecule has 4 unspecified atom stereocenters. The first-order valence-corrected chi connectivity index (χ1v) is 10.7. The number of nitrogens with zero attached hydrogens (tertiary/aromatic N) is 2. The number of guanidine groups is 1. The summed E-state index contributed by atoms with van der Waals surface area (Å²) in [5.74, 6) is 0.879. The van der Waals surface area contributed by atoms with Gasteiger partial charge in [0.15, 0.2) is 5.96 Å². The fraction of sp³-hybridized carbons (Fsp3) is 0.762. The Kier molecular flexibility index (Phi) is 9.24. The van der Waals surface area contributed by atoms with Crippen molar-refractivity contribution in [3.63, 3.8) is 0 Å². The summed E-state index contributed by atoms with van der Waals surface area (Å²) in [6, 6.07) is 0. The van der Waals surface area contributed by atoms with E-state index in [1.807, 2.05) is 0 Å². The molecule has 2 bridgehead atoms. The van der Waals surface area contributed by atoms with E-state index in [-0.39, 0.29) is 59.5 Å². The molecule has 6 nitrogen and oxygen atoms in total. The normalized spacial score (nSPS) is 28.0. The number of halogens is 1. The fourth-order valence-corrected chi connectivity index (χ4v) is 4.79. The average molecular weight is 502 g/mol. The molecule has 1 saturated heterocycles. The van der Waals surface area contributed by atoms with Gasteiger partial charge in [0.2, 0.25) is 11.8 Å². The highest BCUT2D eigenvalue weighted by atomic mass is 127. The van der Waals surface area contributed by atoms with Crippen molar-refractivity contribution in [1.82, 2.24) is 10.2 Å². The standard InChI is InChI=1S/C21H34N4O2.HI/c1-2-3-4-5-6-7-11-23-21(22)24-12-8-13-25-19(26)17-15-9-10-16(14-15)18(17)20(25)27;/h9-10,15-18H,2-8,11-14H2,1H3,(H3,22,23,24);1H. The number of nitrogens with one attached hydrogen (secondary N) is 1. The van der Waals surface area contributed by atoms with Crippen LogP contribution in [0.2, 0.25) is 0 Å². The lowest BCUT2D eigenvalue weighted by Crippen LogP contribution is -2.35. The molecule has 0 aromatic heterocycles. The first-order valence-electron chi connectivity index (χ1n) is 10.7. The summed E-state index contributed by atoms with van der Waals surface area (Å²) in [7, 11) is 0. The third kappa shape index (κ3) is 5.27. The second-order valence-electron chi connectivity index (χ2n) is 8.14. The Balaban J connectivity index is 0.00000280. The summed E-state index contributed by atoms with van der Waals surface area (Å²) in [6.45, 7) is 4.07. The van der Waals surface area contributed by atoms with Gasteiger partial charge in [0.1, 0.15) is 0 Å². The van der Waals surface area contributed by atoms with Crippen LogP contribution in [0.1, 0.15) is 58.3 Å². The number of imide groups is 1. The second kappa shape index (κ2) is 11.2. The van der Waals surface area contributed by atoms with Crippen molar-refractivity contribution in [3.8, 4) is 0 Å². The molecule has 0 spiro atoms. The number of hydrogen-bond acceptors (Lipinski definition) is 3. The SMILES string of the molecule is CCCCCCCCNC(N)=NCCCN1C(=O)C2C3C=CC(C3)C2C1=O.I. The number of nitrogens with two attached hydrogens (primary N) is 1. The van der Waals surface area contributed by atoms with Crippen LogP contribution in [0.5, 0.6) is 0 Å². The van der Waals surface area contributed by atoms with Crippen LogP contribution < -0.4 is 11.1 Å². The number of allylic oxidation sites excluding steroid dienone is 2. The zero-order valence-corrected chi connectivity index (χ0v) is 19.3. The predicted molar refractivity (Wildman–Crippen MR) is 122 cm³/mol. The van der Waals surface area contributed by atoms with Crippen molar-refractivity contribution in [2.45, 2.75) is 58.3 Å². The van der Waals surface area contributed by atoms with Gasteiger partial charge in [0, 0.05) is 19.6 Å². The molecule has 0 aromatic carbocycles. The van der Waals surface area contributed by atoms with Crippen LogP contribution in [-0.4, -0.2) is 42.3 Å². The van der Waals surface area contributed by atoms with Gasteiger partial charge < -0.3 is 11.1 Å². The van der Waals surface area contributed by atoms with Crippen molar-refractivity contribution in [2.75, 3.05) is 19.6 Å². The van der Waals surface area contributed by atoms with E-state index in [4.69, 9.17) is 5.73 Å². The number of unbranched alkanes of at least 4 members (excludes halogenated alkanes) is 5. The van der Waals surface area contributed by atoms with Gasteiger partial charge in [-0.15, -0.1) is 24.0 Å². The number of hydrogen-bond donors (Lipinski definition) is 2. The van der Waals surface area contributed by atoms with Crippen LogP contribution in [0.4, 0.5) is 0 Å². The van der Waals surface area contributed by atoms with Crippen LogP contribution in [0.15, 0.2) is 17.1 Å². The Bertz CT molecular complexity index is 577. The first kappa shape index (κ1) is 23.2. The number of rotatable bonds is 11. The van der Waals surface area contributed by atoms with E-state index >= 15 is 0 Å². The van der Waals surface area contributed by atoms with Gasteiger partial charge in [-0.3, -0.25) is 19.5 Å². The molecule has 0 aromatic rings. The number of carbonyl (C=O) groups is 2. The molecule has 0 radical (unpaired) electrons. The Morgan fingerprint density at radius 3 is 2.32 bits per heavy atom. The molecule has 2 aliphatic carbocycles. The lowest BCUT2D eigenvalue weighted by atomic mass is 9.85. The third-order valence-corrected chi connectivity index (χ3v) is 6.22. The van der Waals surface area contributed by atoms with Gasteiger partial charge >= 0.3 is 0 Å². The van der Waals surface area contributed by atoms with E-state index in [2.05, 4.69) is 29.4 Å². The molecular weight excluding hydrogens is 467 g/mol. The zero-order valence-electron chi connectivity index (χ0n) is 16.9. The van der Waals surface area contributed by atoms with Gasteiger partial charge in [0.25, 0.3) is 0 Å². The Morgan fingerprint density at radius 1 is 1.07 bits per heavy atom. The monoisotopic (exact) mass is 502 g/mol. The number of fused-ring (bicyclic) bond motifs is 5. The van der Waals surface area contributed by atoms with Gasteiger partial charge in [-0.05, 0) is 31.1 Å². The predicted octanol–water partition coefficient (Wildman–Crippen LogP) is 3.07. The molecule has 4 atom stereocenters. The Labute approximate surface area is 185 Å². The van der Waals surface area contributed by atoms with E-state index in [1.54, 1.807) is 0 Å². The van der Waals surface area contributed by atoms with Crippen molar-refractivity contribution in [3.05, 3.63) is 12.2 Å². The lowest BCUT2D eigenvalue weighted by Gasteiger charge is -2.16. The van der Waals surface area contributed by atoms with Crippen LogP contribution in [0, 0.1) is 23.7 Å². The van der Waals surface area contributed by atoms with Crippen LogP contribution >= 0.6 is 24.0 Å². The highest BCUT2D eigenvalue weighted by Crippen LogP contribution is 2.52. The lowest BCUT2D eigenvalue weighted by molar-refractivity contribution is -0.140. The molecule has 28 heavy (non-hydrogen) atoms. The number of likely N-dealkylation sites (tertiary alicyclic amines) is 1.